The number of piperidine rings is 1. The van der Waals surface area contributed by atoms with Crippen LogP contribution >= 0.6 is 11.8 Å². The maximum atomic E-state index is 12.5. The first-order valence-electron chi connectivity index (χ1n) is 10.2. The number of amides is 1. The molecule has 1 saturated heterocycles. The number of carbonyl (C=O) groups is 1. The topological polar surface area (TPSA) is 60.2 Å². The lowest BCUT2D eigenvalue weighted by Crippen LogP contribution is -2.40. The van der Waals surface area contributed by atoms with E-state index in [9.17, 15) is 4.79 Å². The number of aryl methyl sites for hydroxylation is 2. The molecule has 7 heteroatoms. The average molecular weight is 423 g/mol. The molecule has 1 fully saturated rings. The zero-order valence-corrected chi connectivity index (χ0v) is 18.1. The lowest BCUT2D eigenvalue weighted by Gasteiger charge is -2.30. The molecule has 156 valence electrons. The number of hydrogen-bond donors (Lipinski definition) is 0. The first-order valence-corrected chi connectivity index (χ1v) is 11.1. The Hall–Kier alpha value is -2.80. The molecule has 30 heavy (non-hydrogen) atoms. The van der Waals surface area contributed by atoms with E-state index < -0.39 is 0 Å². The molecule has 1 aliphatic heterocycles. The van der Waals surface area contributed by atoms with E-state index in [1.54, 1.807) is 16.7 Å². The normalized spacial score (nSPS) is 14.7. The smallest absolute Gasteiger partial charge is 0.410 e. The molecular weight excluding hydrogens is 396 g/mol. The molecule has 0 saturated carbocycles. The number of imidazole rings is 1. The predicted octanol–water partition coefficient (Wildman–Crippen LogP) is 4.47. The molecule has 3 aromatic rings. The first-order chi connectivity index (χ1) is 14.6. The van der Waals surface area contributed by atoms with Gasteiger partial charge in [-0.05, 0) is 55.2 Å². The fourth-order valence-electron chi connectivity index (χ4n) is 3.52. The number of pyridine rings is 1. The molecule has 3 heterocycles. The van der Waals surface area contributed by atoms with E-state index in [1.807, 2.05) is 60.5 Å². The van der Waals surface area contributed by atoms with Crippen LogP contribution in [-0.2, 0) is 13.5 Å². The molecule has 2 aromatic heterocycles. The third-order valence-electron chi connectivity index (χ3n) is 5.24. The highest BCUT2D eigenvalue weighted by Crippen LogP contribution is 2.29. The molecule has 1 aromatic carbocycles. The number of nitrogens with zero attached hydrogens (tertiary/aromatic N) is 4. The second kappa shape index (κ2) is 9.34. The Balaban J connectivity index is 1.26. The number of thioether (sulfide) groups is 1. The summed E-state index contributed by atoms with van der Waals surface area (Å²) in [5.41, 5.74) is 3.37. The molecule has 0 spiro atoms. The van der Waals surface area contributed by atoms with Crippen molar-refractivity contribution in [3.63, 3.8) is 0 Å². The van der Waals surface area contributed by atoms with E-state index in [0.717, 1.165) is 35.7 Å². The van der Waals surface area contributed by atoms with Crippen molar-refractivity contribution in [3.05, 3.63) is 71.8 Å². The number of likely N-dealkylation sites (tertiary alicyclic amines) is 1. The van der Waals surface area contributed by atoms with Gasteiger partial charge in [-0.1, -0.05) is 23.9 Å². The van der Waals surface area contributed by atoms with Gasteiger partial charge in [0.15, 0.2) is 5.16 Å². The Bertz CT molecular complexity index is 994. The third-order valence-corrected chi connectivity index (χ3v) is 6.64. The highest BCUT2D eigenvalue weighted by atomic mass is 32.2. The van der Waals surface area contributed by atoms with Crippen LogP contribution < -0.4 is 4.74 Å². The predicted molar refractivity (Wildman–Crippen MR) is 118 cm³/mol. The summed E-state index contributed by atoms with van der Waals surface area (Å²) >= 11 is 1.79. The molecule has 0 unspecified atom stereocenters. The molecule has 0 bridgehead atoms. The minimum atomic E-state index is -0.274. The number of carbonyl (C=O) groups excluding carboxylic acids is 1. The summed E-state index contributed by atoms with van der Waals surface area (Å²) in [5, 5.41) is 1.50. The summed E-state index contributed by atoms with van der Waals surface area (Å²) < 4.78 is 7.62. The van der Waals surface area contributed by atoms with Gasteiger partial charge in [-0.3, -0.25) is 4.98 Å². The van der Waals surface area contributed by atoms with Crippen LogP contribution in [0.5, 0.6) is 5.75 Å². The number of ether oxygens (including phenoxy) is 1. The molecule has 4 rings (SSSR count). The largest absolute Gasteiger partial charge is 0.415 e. The fourth-order valence-corrected chi connectivity index (χ4v) is 4.61. The molecule has 6 nitrogen and oxygen atoms in total. The zero-order chi connectivity index (χ0) is 20.9. The molecule has 1 aliphatic rings. The number of rotatable bonds is 5. The molecule has 0 atom stereocenters. The summed E-state index contributed by atoms with van der Waals surface area (Å²) in [6, 6.07) is 11.8. The van der Waals surface area contributed by atoms with Gasteiger partial charge < -0.3 is 14.2 Å². The van der Waals surface area contributed by atoms with Crippen molar-refractivity contribution in [2.24, 2.45) is 7.05 Å². The third kappa shape index (κ3) is 5.21. The second-order valence-corrected chi connectivity index (χ2v) is 8.91. The summed E-state index contributed by atoms with van der Waals surface area (Å²) in [4.78, 5) is 23.1. The van der Waals surface area contributed by atoms with E-state index in [4.69, 9.17) is 4.74 Å². The van der Waals surface area contributed by atoms with Gasteiger partial charge >= 0.3 is 6.09 Å². The lowest BCUT2D eigenvalue weighted by atomic mass is 10.1. The lowest BCUT2D eigenvalue weighted by molar-refractivity contribution is 0.143. The van der Waals surface area contributed by atoms with Crippen LogP contribution in [0, 0.1) is 6.92 Å². The number of benzene rings is 1. The Labute approximate surface area is 181 Å². The SMILES string of the molecule is Cc1ccnc(Cc2ccc(OC(=O)N3CCC(Sc4nccn4C)CC3)cc2)c1. The van der Waals surface area contributed by atoms with Crippen LogP contribution in [0.15, 0.2) is 60.1 Å². The molecule has 1 amide bonds. The monoisotopic (exact) mass is 422 g/mol. The minimum Gasteiger partial charge on any atom is -0.410 e. The van der Waals surface area contributed by atoms with Gasteiger partial charge in [0.1, 0.15) is 5.75 Å². The maximum absolute atomic E-state index is 12.5. The van der Waals surface area contributed by atoms with Crippen LogP contribution in [-0.4, -0.2) is 43.9 Å². The van der Waals surface area contributed by atoms with Gasteiger partial charge in [-0.15, -0.1) is 0 Å². The van der Waals surface area contributed by atoms with E-state index in [0.29, 0.717) is 24.1 Å². The molecule has 0 radical (unpaired) electrons. The Kier molecular flexibility index (Phi) is 6.38. The van der Waals surface area contributed by atoms with Crippen molar-refractivity contribution in [3.8, 4) is 5.75 Å². The average Bonchev–Trinajstić information content (AvgIpc) is 3.14. The van der Waals surface area contributed by atoms with Crippen LogP contribution in [0.1, 0.15) is 29.7 Å². The van der Waals surface area contributed by atoms with Gasteiger partial charge in [0.05, 0.1) is 0 Å². The second-order valence-electron chi connectivity index (χ2n) is 7.64. The summed E-state index contributed by atoms with van der Waals surface area (Å²) in [5.74, 6) is 0.575. The first kappa shape index (κ1) is 20.5. The standard InChI is InChI=1S/C23H26N4O2S/c1-17-7-10-24-19(15-17)16-18-3-5-20(6-4-18)29-23(28)27-12-8-21(9-13-27)30-22-25-11-14-26(22)2/h3-7,10-11,14-15,21H,8-9,12-13,16H2,1-2H3. The van der Waals surface area contributed by atoms with Crippen molar-refractivity contribution in [1.29, 1.82) is 0 Å². The van der Waals surface area contributed by atoms with Gasteiger partial charge in [0.25, 0.3) is 0 Å². The van der Waals surface area contributed by atoms with Crippen LogP contribution in [0.2, 0.25) is 0 Å². The van der Waals surface area contributed by atoms with Crippen molar-refractivity contribution in [1.82, 2.24) is 19.4 Å². The van der Waals surface area contributed by atoms with Gasteiger partial charge in [0, 0.05) is 56.1 Å². The van der Waals surface area contributed by atoms with E-state index in [1.165, 1.54) is 5.56 Å². The Morgan fingerprint density at radius 3 is 2.57 bits per heavy atom. The quantitative estimate of drug-likeness (QED) is 0.607. The molecular formula is C23H26N4O2S. The van der Waals surface area contributed by atoms with Crippen LogP contribution in [0.25, 0.3) is 0 Å². The summed E-state index contributed by atoms with van der Waals surface area (Å²) in [7, 11) is 2.00. The Morgan fingerprint density at radius 2 is 1.90 bits per heavy atom. The van der Waals surface area contributed by atoms with Crippen molar-refractivity contribution >= 4 is 17.9 Å². The van der Waals surface area contributed by atoms with Crippen molar-refractivity contribution < 1.29 is 9.53 Å². The van der Waals surface area contributed by atoms with E-state index in [2.05, 4.69) is 23.0 Å². The van der Waals surface area contributed by atoms with Crippen LogP contribution in [0.4, 0.5) is 4.79 Å². The van der Waals surface area contributed by atoms with Gasteiger partial charge in [-0.25, -0.2) is 9.78 Å². The van der Waals surface area contributed by atoms with E-state index >= 15 is 0 Å². The molecule has 0 aliphatic carbocycles. The maximum Gasteiger partial charge on any atom is 0.415 e. The number of hydrogen-bond acceptors (Lipinski definition) is 5. The number of aromatic nitrogens is 3. The highest BCUT2D eigenvalue weighted by Gasteiger charge is 2.25. The summed E-state index contributed by atoms with van der Waals surface area (Å²) in [6.45, 7) is 3.48. The van der Waals surface area contributed by atoms with Crippen LogP contribution in [0.3, 0.4) is 0 Å². The minimum absolute atomic E-state index is 0.274. The van der Waals surface area contributed by atoms with Crippen molar-refractivity contribution in [2.45, 2.75) is 36.6 Å². The highest BCUT2D eigenvalue weighted by molar-refractivity contribution is 7.99. The fraction of sp³-hybridized carbons (Fsp3) is 0.348. The van der Waals surface area contributed by atoms with E-state index in [-0.39, 0.29) is 6.09 Å². The Morgan fingerprint density at radius 1 is 1.13 bits per heavy atom. The van der Waals surface area contributed by atoms with Crippen molar-refractivity contribution in [2.75, 3.05) is 13.1 Å². The summed E-state index contributed by atoms with van der Waals surface area (Å²) in [6.07, 6.45) is 7.97. The van der Waals surface area contributed by atoms with Gasteiger partial charge in [-0.2, -0.15) is 0 Å². The molecule has 0 N–H and O–H groups in total. The zero-order valence-electron chi connectivity index (χ0n) is 17.3. The van der Waals surface area contributed by atoms with Gasteiger partial charge in [0.2, 0.25) is 0 Å².